The van der Waals surface area contributed by atoms with E-state index in [4.69, 9.17) is 16.0 Å². The van der Waals surface area contributed by atoms with Crippen molar-refractivity contribution in [3.05, 3.63) is 65.1 Å². The first-order valence-electron chi connectivity index (χ1n) is 8.09. The third-order valence-electron chi connectivity index (χ3n) is 4.12. The average molecular weight is 345 g/mol. The molecule has 126 valence electrons. The number of nitrogens with one attached hydrogen (secondary N) is 1. The Bertz CT molecular complexity index is 788. The minimum Gasteiger partial charge on any atom is -0.459 e. The van der Waals surface area contributed by atoms with Gasteiger partial charge < -0.3 is 14.8 Å². The third kappa shape index (κ3) is 4.15. The Morgan fingerprint density at radius 1 is 1.25 bits per heavy atom. The zero-order valence-electron chi connectivity index (χ0n) is 13.6. The molecule has 0 aliphatic rings. The lowest BCUT2D eigenvalue weighted by Gasteiger charge is -2.17. The highest BCUT2D eigenvalue weighted by Crippen LogP contribution is 2.26. The fourth-order valence-electron chi connectivity index (χ4n) is 2.71. The number of pyridine rings is 1. The lowest BCUT2D eigenvalue weighted by atomic mass is 10.0. The van der Waals surface area contributed by atoms with Gasteiger partial charge in [0.2, 0.25) is 0 Å². The number of benzene rings is 1. The van der Waals surface area contributed by atoms with Crippen molar-refractivity contribution in [3.8, 4) is 0 Å². The van der Waals surface area contributed by atoms with Crippen LogP contribution >= 0.6 is 11.6 Å². The molecule has 5 heteroatoms. The zero-order chi connectivity index (χ0) is 16.9. The number of fused-ring (bicyclic) bond motifs is 1. The molecular weight excluding hydrogens is 324 g/mol. The summed E-state index contributed by atoms with van der Waals surface area (Å²) < 4.78 is 5.87. The van der Waals surface area contributed by atoms with E-state index < -0.39 is 0 Å². The topological polar surface area (TPSA) is 58.3 Å². The van der Waals surface area contributed by atoms with E-state index in [0.717, 1.165) is 28.8 Å². The molecule has 0 bridgehead atoms. The fourth-order valence-corrected chi connectivity index (χ4v) is 2.89. The SMILES string of the molecule is CC(NCC(CO)Cc1ccccn1)c1cc2cc(Cl)ccc2o1. The van der Waals surface area contributed by atoms with Gasteiger partial charge in [-0.3, -0.25) is 4.98 Å². The summed E-state index contributed by atoms with van der Waals surface area (Å²) in [5, 5.41) is 14.7. The molecule has 0 aliphatic carbocycles. The molecule has 4 nitrogen and oxygen atoms in total. The molecular formula is C19H21ClN2O2. The third-order valence-corrected chi connectivity index (χ3v) is 4.35. The molecule has 0 fully saturated rings. The number of halogens is 1. The van der Waals surface area contributed by atoms with E-state index in [9.17, 15) is 5.11 Å². The first-order valence-corrected chi connectivity index (χ1v) is 8.46. The molecule has 0 amide bonds. The standard InChI is InChI=1S/C19H21ClN2O2/c1-13(19-10-15-9-16(20)5-6-18(15)24-19)22-11-14(12-23)8-17-4-2-3-7-21-17/h2-7,9-10,13-14,22-23H,8,11-12H2,1H3. The Balaban J connectivity index is 1.61. The van der Waals surface area contributed by atoms with Crippen molar-refractivity contribution in [2.75, 3.05) is 13.2 Å². The van der Waals surface area contributed by atoms with Crippen LogP contribution in [0.5, 0.6) is 0 Å². The number of hydrogen-bond donors (Lipinski definition) is 2. The molecule has 2 heterocycles. The Labute approximate surface area is 146 Å². The van der Waals surface area contributed by atoms with Crippen LogP contribution in [0.25, 0.3) is 11.0 Å². The summed E-state index contributed by atoms with van der Waals surface area (Å²) in [6, 6.07) is 13.5. The molecule has 0 aliphatic heterocycles. The van der Waals surface area contributed by atoms with E-state index in [1.54, 1.807) is 6.20 Å². The molecule has 3 rings (SSSR count). The van der Waals surface area contributed by atoms with Crippen LogP contribution in [0.1, 0.15) is 24.4 Å². The van der Waals surface area contributed by atoms with E-state index in [2.05, 4.69) is 17.2 Å². The second kappa shape index (κ2) is 7.79. The summed E-state index contributed by atoms with van der Waals surface area (Å²) in [7, 11) is 0. The number of rotatable bonds is 7. The van der Waals surface area contributed by atoms with Crippen LogP contribution in [0.3, 0.4) is 0 Å². The molecule has 0 radical (unpaired) electrons. The highest BCUT2D eigenvalue weighted by atomic mass is 35.5. The molecule has 3 aromatic rings. The van der Waals surface area contributed by atoms with Crippen molar-refractivity contribution in [1.82, 2.24) is 10.3 Å². The minimum absolute atomic E-state index is 0.0500. The molecule has 0 saturated heterocycles. The molecule has 1 aromatic carbocycles. The van der Waals surface area contributed by atoms with Crippen LogP contribution in [0, 0.1) is 5.92 Å². The first-order chi connectivity index (χ1) is 11.7. The monoisotopic (exact) mass is 344 g/mol. The van der Waals surface area contributed by atoms with Gasteiger partial charge in [0.05, 0.1) is 6.04 Å². The molecule has 0 spiro atoms. The van der Waals surface area contributed by atoms with Crippen molar-refractivity contribution in [2.24, 2.45) is 5.92 Å². The Kier molecular flexibility index (Phi) is 5.51. The van der Waals surface area contributed by atoms with Crippen molar-refractivity contribution in [3.63, 3.8) is 0 Å². The number of nitrogens with zero attached hydrogens (tertiary/aromatic N) is 1. The van der Waals surface area contributed by atoms with Gasteiger partial charge in [0.25, 0.3) is 0 Å². The summed E-state index contributed by atoms with van der Waals surface area (Å²) in [5.74, 6) is 0.975. The summed E-state index contributed by atoms with van der Waals surface area (Å²) in [6.07, 6.45) is 2.52. The van der Waals surface area contributed by atoms with Crippen LogP contribution < -0.4 is 5.32 Å². The number of aliphatic hydroxyl groups is 1. The Morgan fingerprint density at radius 2 is 2.12 bits per heavy atom. The van der Waals surface area contributed by atoms with Crippen molar-refractivity contribution < 1.29 is 9.52 Å². The van der Waals surface area contributed by atoms with Crippen LogP contribution in [0.2, 0.25) is 5.02 Å². The van der Waals surface area contributed by atoms with Gasteiger partial charge in [-0.1, -0.05) is 17.7 Å². The smallest absolute Gasteiger partial charge is 0.134 e. The normalized spacial score (nSPS) is 14.0. The van der Waals surface area contributed by atoms with Crippen LogP contribution in [0.4, 0.5) is 0 Å². The zero-order valence-corrected chi connectivity index (χ0v) is 14.3. The van der Waals surface area contributed by atoms with Crippen LogP contribution in [0.15, 0.2) is 53.1 Å². The average Bonchev–Trinajstić information content (AvgIpc) is 3.02. The van der Waals surface area contributed by atoms with Crippen LogP contribution in [-0.2, 0) is 6.42 Å². The minimum atomic E-state index is 0.0500. The number of hydrogen-bond acceptors (Lipinski definition) is 4. The summed E-state index contributed by atoms with van der Waals surface area (Å²) in [5.41, 5.74) is 1.82. The van der Waals surface area contributed by atoms with Gasteiger partial charge in [-0.15, -0.1) is 0 Å². The largest absolute Gasteiger partial charge is 0.459 e. The van der Waals surface area contributed by atoms with Crippen molar-refractivity contribution >= 4 is 22.6 Å². The molecule has 0 saturated carbocycles. The highest BCUT2D eigenvalue weighted by molar-refractivity contribution is 6.31. The fraction of sp³-hybridized carbons (Fsp3) is 0.316. The van der Waals surface area contributed by atoms with E-state index in [0.29, 0.717) is 11.6 Å². The maximum atomic E-state index is 9.61. The predicted molar refractivity (Wildman–Crippen MR) is 96.2 cm³/mol. The summed E-state index contributed by atoms with van der Waals surface area (Å²) >= 11 is 6.02. The number of aliphatic hydroxyl groups excluding tert-OH is 1. The summed E-state index contributed by atoms with van der Waals surface area (Å²) in [4.78, 5) is 4.32. The van der Waals surface area contributed by atoms with E-state index in [-0.39, 0.29) is 18.6 Å². The van der Waals surface area contributed by atoms with E-state index in [1.807, 2.05) is 42.5 Å². The lowest BCUT2D eigenvalue weighted by Crippen LogP contribution is -2.29. The molecule has 2 atom stereocenters. The lowest BCUT2D eigenvalue weighted by molar-refractivity contribution is 0.216. The van der Waals surface area contributed by atoms with Crippen molar-refractivity contribution in [2.45, 2.75) is 19.4 Å². The predicted octanol–water partition coefficient (Wildman–Crippen LogP) is 3.98. The maximum absolute atomic E-state index is 9.61. The van der Waals surface area contributed by atoms with Gasteiger partial charge in [-0.25, -0.2) is 0 Å². The quantitative estimate of drug-likeness (QED) is 0.680. The maximum Gasteiger partial charge on any atom is 0.134 e. The molecule has 24 heavy (non-hydrogen) atoms. The second-order valence-electron chi connectivity index (χ2n) is 6.03. The summed E-state index contributed by atoms with van der Waals surface area (Å²) in [6.45, 7) is 2.85. The van der Waals surface area contributed by atoms with E-state index >= 15 is 0 Å². The molecule has 2 unspecified atom stereocenters. The van der Waals surface area contributed by atoms with Crippen molar-refractivity contribution in [1.29, 1.82) is 0 Å². The van der Waals surface area contributed by atoms with Crippen LogP contribution in [-0.4, -0.2) is 23.2 Å². The second-order valence-corrected chi connectivity index (χ2v) is 6.47. The molecule has 2 aromatic heterocycles. The van der Waals surface area contributed by atoms with Gasteiger partial charge in [0.1, 0.15) is 11.3 Å². The van der Waals surface area contributed by atoms with E-state index in [1.165, 1.54) is 0 Å². The Hall–Kier alpha value is -1.88. The van der Waals surface area contributed by atoms with Gasteiger partial charge >= 0.3 is 0 Å². The number of furan rings is 1. The van der Waals surface area contributed by atoms with Gasteiger partial charge in [0.15, 0.2) is 0 Å². The van der Waals surface area contributed by atoms with Gasteiger partial charge in [-0.2, -0.15) is 0 Å². The molecule has 2 N–H and O–H groups in total. The Morgan fingerprint density at radius 3 is 2.88 bits per heavy atom. The highest BCUT2D eigenvalue weighted by Gasteiger charge is 2.15. The first kappa shape index (κ1) is 17.0. The van der Waals surface area contributed by atoms with Gasteiger partial charge in [0, 0.05) is 35.5 Å². The van der Waals surface area contributed by atoms with Gasteiger partial charge in [-0.05, 0) is 55.7 Å². The number of aromatic nitrogens is 1.